The van der Waals surface area contributed by atoms with Gasteiger partial charge >= 0.3 is 0 Å². The van der Waals surface area contributed by atoms with Crippen molar-refractivity contribution in [3.05, 3.63) is 28.5 Å². The predicted molar refractivity (Wildman–Crippen MR) is 65.1 cm³/mol. The second kappa shape index (κ2) is 4.98. The lowest BCUT2D eigenvalue weighted by Gasteiger charge is -2.20. The molecule has 1 amide bonds. The number of likely N-dealkylation sites (N-methyl/N-ethyl adjacent to an activating group) is 1. The number of hydrogen-bond acceptors (Lipinski definition) is 3. The highest BCUT2D eigenvalue weighted by atomic mass is 32.1. The molecule has 1 heterocycles. The molecule has 1 aromatic heterocycles. The standard InChI is InChI=1S/C11H16N2OS/c1-4-13(7-8(2)3)11(14)10-9(12)5-6-15-10/h5-6H,2,4,7,12H2,1,3H3. The first kappa shape index (κ1) is 11.8. The number of nitrogen functional groups attached to an aromatic ring is 1. The van der Waals surface area contributed by atoms with E-state index >= 15 is 0 Å². The fourth-order valence-electron chi connectivity index (χ4n) is 1.29. The van der Waals surface area contributed by atoms with Crippen molar-refractivity contribution >= 4 is 22.9 Å². The first-order valence-electron chi connectivity index (χ1n) is 4.82. The van der Waals surface area contributed by atoms with Crippen LogP contribution in [-0.2, 0) is 0 Å². The van der Waals surface area contributed by atoms with Gasteiger partial charge in [-0.05, 0) is 25.3 Å². The molecular formula is C11H16N2OS. The first-order valence-corrected chi connectivity index (χ1v) is 5.70. The van der Waals surface area contributed by atoms with E-state index in [1.165, 1.54) is 11.3 Å². The SMILES string of the molecule is C=C(C)CN(CC)C(=O)c1sccc1N. The van der Waals surface area contributed by atoms with Crippen molar-refractivity contribution in [1.82, 2.24) is 4.90 Å². The molecule has 0 radical (unpaired) electrons. The Balaban J connectivity index is 2.82. The van der Waals surface area contributed by atoms with Crippen molar-refractivity contribution < 1.29 is 4.79 Å². The molecule has 0 bridgehead atoms. The molecule has 1 aromatic rings. The molecule has 15 heavy (non-hydrogen) atoms. The van der Waals surface area contributed by atoms with Crippen LogP contribution < -0.4 is 5.73 Å². The quantitative estimate of drug-likeness (QED) is 0.798. The minimum atomic E-state index is -0.00648. The van der Waals surface area contributed by atoms with Crippen LogP contribution in [-0.4, -0.2) is 23.9 Å². The molecule has 0 aliphatic carbocycles. The number of anilines is 1. The smallest absolute Gasteiger partial charge is 0.266 e. The van der Waals surface area contributed by atoms with Gasteiger partial charge < -0.3 is 10.6 Å². The molecule has 3 nitrogen and oxygen atoms in total. The Morgan fingerprint density at radius 2 is 2.33 bits per heavy atom. The van der Waals surface area contributed by atoms with E-state index in [-0.39, 0.29) is 5.91 Å². The molecule has 2 N–H and O–H groups in total. The Morgan fingerprint density at radius 3 is 2.73 bits per heavy atom. The zero-order valence-corrected chi connectivity index (χ0v) is 9.93. The van der Waals surface area contributed by atoms with Crippen molar-refractivity contribution in [2.75, 3.05) is 18.8 Å². The van der Waals surface area contributed by atoms with E-state index in [0.717, 1.165) is 5.57 Å². The maximum atomic E-state index is 12.0. The molecule has 0 atom stereocenters. The maximum Gasteiger partial charge on any atom is 0.266 e. The summed E-state index contributed by atoms with van der Waals surface area (Å²) in [6.07, 6.45) is 0. The summed E-state index contributed by atoms with van der Waals surface area (Å²) in [5.41, 5.74) is 7.24. The molecule has 4 heteroatoms. The Morgan fingerprint density at radius 1 is 1.67 bits per heavy atom. The number of nitrogens with zero attached hydrogens (tertiary/aromatic N) is 1. The second-order valence-corrected chi connectivity index (χ2v) is 4.40. The Hall–Kier alpha value is -1.29. The van der Waals surface area contributed by atoms with Gasteiger partial charge in [-0.15, -0.1) is 11.3 Å². The van der Waals surface area contributed by atoms with Gasteiger partial charge in [0.05, 0.1) is 5.69 Å². The van der Waals surface area contributed by atoms with Crippen LogP contribution >= 0.6 is 11.3 Å². The monoisotopic (exact) mass is 224 g/mol. The highest BCUT2D eigenvalue weighted by molar-refractivity contribution is 7.12. The topological polar surface area (TPSA) is 46.3 Å². The summed E-state index contributed by atoms with van der Waals surface area (Å²) in [5.74, 6) is -0.00648. The lowest BCUT2D eigenvalue weighted by Crippen LogP contribution is -2.32. The fraction of sp³-hybridized carbons (Fsp3) is 0.364. The zero-order valence-electron chi connectivity index (χ0n) is 9.12. The highest BCUT2D eigenvalue weighted by Gasteiger charge is 2.17. The first-order chi connectivity index (χ1) is 7.06. The van der Waals surface area contributed by atoms with Gasteiger partial charge in [0.2, 0.25) is 0 Å². The summed E-state index contributed by atoms with van der Waals surface area (Å²) in [6.45, 7) is 8.93. The normalized spacial score (nSPS) is 10.0. The van der Waals surface area contributed by atoms with Gasteiger partial charge in [0.25, 0.3) is 5.91 Å². The van der Waals surface area contributed by atoms with Crippen molar-refractivity contribution in [3.63, 3.8) is 0 Å². The summed E-state index contributed by atoms with van der Waals surface area (Å²) in [7, 11) is 0. The number of thiophene rings is 1. The van der Waals surface area contributed by atoms with Crippen molar-refractivity contribution in [2.45, 2.75) is 13.8 Å². The molecular weight excluding hydrogens is 208 g/mol. The van der Waals surface area contributed by atoms with Crippen LogP contribution in [0.5, 0.6) is 0 Å². The third-order valence-electron chi connectivity index (χ3n) is 2.02. The summed E-state index contributed by atoms with van der Waals surface area (Å²) >= 11 is 1.38. The minimum absolute atomic E-state index is 0.00648. The number of carbonyl (C=O) groups excluding carboxylic acids is 1. The summed E-state index contributed by atoms with van der Waals surface area (Å²) < 4.78 is 0. The lowest BCUT2D eigenvalue weighted by atomic mass is 10.3. The van der Waals surface area contributed by atoms with Gasteiger partial charge in [-0.25, -0.2) is 0 Å². The van der Waals surface area contributed by atoms with Crippen LogP contribution in [0, 0.1) is 0 Å². The molecule has 0 aliphatic rings. The number of rotatable bonds is 4. The Kier molecular flexibility index (Phi) is 3.91. The number of carbonyl (C=O) groups is 1. The molecule has 1 rings (SSSR count). The van der Waals surface area contributed by atoms with Gasteiger partial charge in [0, 0.05) is 13.1 Å². The number of nitrogens with two attached hydrogens (primary N) is 1. The van der Waals surface area contributed by atoms with Gasteiger partial charge in [-0.2, -0.15) is 0 Å². The second-order valence-electron chi connectivity index (χ2n) is 3.48. The van der Waals surface area contributed by atoms with Crippen LogP contribution in [0.1, 0.15) is 23.5 Å². The Bertz CT molecular complexity index is 370. The van der Waals surface area contributed by atoms with Crippen molar-refractivity contribution in [3.8, 4) is 0 Å². The van der Waals surface area contributed by atoms with E-state index in [1.807, 2.05) is 19.2 Å². The van der Waals surface area contributed by atoms with Crippen LogP contribution in [0.15, 0.2) is 23.6 Å². The molecule has 0 aromatic carbocycles. The molecule has 0 spiro atoms. The number of hydrogen-bond donors (Lipinski definition) is 1. The molecule has 0 aliphatic heterocycles. The average Bonchev–Trinajstić information content (AvgIpc) is 2.59. The van der Waals surface area contributed by atoms with E-state index in [9.17, 15) is 4.79 Å². The molecule has 0 fully saturated rings. The summed E-state index contributed by atoms with van der Waals surface area (Å²) in [5, 5.41) is 1.83. The Labute approximate surface area is 94.2 Å². The average molecular weight is 224 g/mol. The minimum Gasteiger partial charge on any atom is -0.397 e. The number of amides is 1. The molecule has 0 unspecified atom stereocenters. The molecule has 0 saturated carbocycles. The van der Waals surface area contributed by atoms with Gasteiger partial charge in [-0.1, -0.05) is 12.2 Å². The van der Waals surface area contributed by atoms with Crippen LogP contribution in [0.2, 0.25) is 0 Å². The third kappa shape index (κ3) is 2.83. The van der Waals surface area contributed by atoms with E-state index in [1.54, 1.807) is 11.0 Å². The van der Waals surface area contributed by atoms with E-state index < -0.39 is 0 Å². The van der Waals surface area contributed by atoms with Gasteiger partial charge in [0.1, 0.15) is 4.88 Å². The van der Waals surface area contributed by atoms with Crippen molar-refractivity contribution in [2.24, 2.45) is 0 Å². The van der Waals surface area contributed by atoms with Gasteiger partial charge in [0.15, 0.2) is 0 Å². The summed E-state index contributed by atoms with van der Waals surface area (Å²) in [4.78, 5) is 14.4. The molecule has 82 valence electrons. The molecule has 0 saturated heterocycles. The largest absolute Gasteiger partial charge is 0.397 e. The zero-order chi connectivity index (χ0) is 11.4. The van der Waals surface area contributed by atoms with Gasteiger partial charge in [-0.3, -0.25) is 4.79 Å². The van der Waals surface area contributed by atoms with E-state index in [0.29, 0.717) is 23.7 Å². The lowest BCUT2D eigenvalue weighted by molar-refractivity contribution is 0.0784. The highest BCUT2D eigenvalue weighted by Crippen LogP contribution is 2.21. The van der Waals surface area contributed by atoms with E-state index in [2.05, 4.69) is 6.58 Å². The van der Waals surface area contributed by atoms with Crippen LogP contribution in [0.4, 0.5) is 5.69 Å². The third-order valence-corrected chi connectivity index (χ3v) is 2.94. The fourth-order valence-corrected chi connectivity index (χ4v) is 2.07. The maximum absolute atomic E-state index is 12.0. The van der Waals surface area contributed by atoms with Crippen LogP contribution in [0.3, 0.4) is 0 Å². The summed E-state index contributed by atoms with van der Waals surface area (Å²) in [6, 6.07) is 1.76. The predicted octanol–water partition coefficient (Wildman–Crippen LogP) is 2.37. The van der Waals surface area contributed by atoms with E-state index in [4.69, 9.17) is 5.73 Å². The van der Waals surface area contributed by atoms with Crippen molar-refractivity contribution in [1.29, 1.82) is 0 Å². The van der Waals surface area contributed by atoms with Crippen LogP contribution in [0.25, 0.3) is 0 Å².